The highest BCUT2D eigenvalue weighted by molar-refractivity contribution is 4.90. The molecule has 0 aliphatic carbocycles. The molecule has 0 aromatic carbocycles. The lowest BCUT2D eigenvalue weighted by atomic mass is 9.94. The van der Waals surface area contributed by atoms with Crippen LogP contribution < -0.4 is 4.57 Å². The first-order valence-corrected chi connectivity index (χ1v) is 14.8. The van der Waals surface area contributed by atoms with E-state index in [1.165, 1.54) is 141 Å². The predicted molar refractivity (Wildman–Crippen MR) is 142 cm³/mol. The summed E-state index contributed by atoms with van der Waals surface area (Å²) in [6, 6.07) is 0.624. The highest BCUT2D eigenvalue weighted by Gasteiger charge is 2.24. The van der Waals surface area contributed by atoms with Crippen LogP contribution in [0.2, 0.25) is 0 Å². The van der Waals surface area contributed by atoms with Crippen LogP contribution in [0.4, 0.5) is 0 Å². The van der Waals surface area contributed by atoms with Crippen molar-refractivity contribution in [1.82, 2.24) is 4.98 Å². The topological polar surface area (TPSA) is 19.7 Å². The van der Waals surface area contributed by atoms with Gasteiger partial charge in [-0.2, -0.15) is 0 Å². The Morgan fingerprint density at radius 1 is 0.594 bits per heavy atom. The van der Waals surface area contributed by atoms with Crippen molar-refractivity contribution in [2.75, 3.05) is 0 Å². The quantitative estimate of drug-likeness (QED) is 0.127. The standard InChI is InChI=1S/C30H58N2/c1-5-8-10-12-14-16-18-20-22-25-29(23-7-3)30-31-26-27-32(30)28(4)24-21-19-17-15-13-11-9-6-2/h26-29H,5-25H2,1-4H3/p+1. The minimum atomic E-state index is 0.624. The van der Waals surface area contributed by atoms with Crippen LogP contribution in [0.3, 0.4) is 0 Å². The Bertz CT molecular complexity index is 507. The molecule has 2 atom stereocenters. The minimum absolute atomic E-state index is 0.624. The van der Waals surface area contributed by atoms with Gasteiger partial charge in [0.2, 0.25) is 0 Å². The van der Waals surface area contributed by atoms with Crippen LogP contribution in [0.15, 0.2) is 12.4 Å². The molecule has 2 heteroatoms. The predicted octanol–water partition coefficient (Wildman–Crippen LogP) is 10.2. The summed E-state index contributed by atoms with van der Waals surface area (Å²) in [5, 5.41) is 0. The summed E-state index contributed by atoms with van der Waals surface area (Å²) >= 11 is 0. The molecule has 0 aliphatic rings. The van der Waals surface area contributed by atoms with E-state index in [-0.39, 0.29) is 0 Å². The van der Waals surface area contributed by atoms with Crippen LogP contribution in [-0.4, -0.2) is 4.98 Å². The molecule has 2 nitrogen and oxygen atoms in total. The van der Waals surface area contributed by atoms with E-state index in [9.17, 15) is 0 Å². The van der Waals surface area contributed by atoms with Gasteiger partial charge in [-0.25, -0.2) is 9.55 Å². The highest BCUT2D eigenvalue weighted by atomic mass is 15.1. The van der Waals surface area contributed by atoms with Crippen LogP contribution in [0, 0.1) is 0 Å². The summed E-state index contributed by atoms with van der Waals surface area (Å²) in [7, 11) is 0. The molecule has 32 heavy (non-hydrogen) atoms. The van der Waals surface area contributed by atoms with Crippen LogP contribution in [0.1, 0.15) is 180 Å². The molecular weight excluding hydrogens is 388 g/mol. The Labute approximate surface area is 202 Å². The molecule has 188 valence electrons. The van der Waals surface area contributed by atoms with Gasteiger partial charge in [-0.15, -0.1) is 0 Å². The molecular formula is C30H59N2+. The van der Waals surface area contributed by atoms with Gasteiger partial charge in [-0.1, -0.05) is 130 Å². The molecule has 0 saturated heterocycles. The van der Waals surface area contributed by atoms with Gasteiger partial charge in [-0.05, 0) is 32.6 Å². The summed E-state index contributed by atoms with van der Waals surface area (Å²) in [4.78, 5) is 3.65. The first-order valence-electron chi connectivity index (χ1n) is 14.8. The maximum Gasteiger partial charge on any atom is 0.257 e. The fourth-order valence-electron chi connectivity index (χ4n) is 5.25. The van der Waals surface area contributed by atoms with E-state index in [0.717, 1.165) is 0 Å². The second kappa shape index (κ2) is 20.8. The Hall–Kier alpha value is -0.790. The number of aromatic amines is 1. The summed E-state index contributed by atoms with van der Waals surface area (Å²) < 4.78 is 2.58. The van der Waals surface area contributed by atoms with Crippen molar-refractivity contribution in [1.29, 1.82) is 0 Å². The van der Waals surface area contributed by atoms with Gasteiger partial charge < -0.3 is 0 Å². The Morgan fingerprint density at radius 2 is 1.06 bits per heavy atom. The second-order valence-corrected chi connectivity index (χ2v) is 10.5. The van der Waals surface area contributed by atoms with Gasteiger partial charge in [0.25, 0.3) is 5.82 Å². The number of rotatable bonds is 23. The number of H-pyrrole nitrogens is 1. The fourth-order valence-corrected chi connectivity index (χ4v) is 5.25. The molecule has 1 aromatic rings. The van der Waals surface area contributed by atoms with E-state index in [2.05, 4.69) is 49.6 Å². The molecule has 0 aliphatic heterocycles. The van der Waals surface area contributed by atoms with Crippen molar-refractivity contribution < 1.29 is 4.57 Å². The lowest BCUT2D eigenvalue weighted by Crippen LogP contribution is -2.41. The Kier molecular flexibility index (Phi) is 19.0. The number of imidazole rings is 1. The Morgan fingerprint density at radius 3 is 1.56 bits per heavy atom. The van der Waals surface area contributed by atoms with Gasteiger partial charge >= 0.3 is 0 Å². The highest BCUT2D eigenvalue weighted by Crippen LogP contribution is 2.26. The molecule has 2 unspecified atom stereocenters. The van der Waals surface area contributed by atoms with E-state index in [1.54, 1.807) is 0 Å². The molecule has 1 aromatic heterocycles. The SMILES string of the molecule is CCCCCCCCCCCC(CCC)c1[nH]cc[n+]1C(C)CCCCCCCCCC. The lowest BCUT2D eigenvalue weighted by molar-refractivity contribution is -0.727. The molecule has 0 bridgehead atoms. The maximum absolute atomic E-state index is 3.65. The molecule has 1 heterocycles. The van der Waals surface area contributed by atoms with Crippen LogP contribution in [0.25, 0.3) is 0 Å². The number of hydrogen-bond acceptors (Lipinski definition) is 0. The van der Waals surface area contributed by atoms with Crippen LogP contribution >= 0.6 is 0 Å². The van der Waals surface area contributed by atoms with Crippen molar-refractivity contribution in [3.05, 3.63) is 18.2 Å². The third-order valence-corrected chi connectivity index (χ3v) is 7.37. The monoisotopic (exact) mass is 447 g/mol. The third kappa shape index (κ3) is 13.7. The van der Waals surface area contributed by atoms with Crippen molar-refractivity contribution >= 4 is 0 Å². The zero-order valence-corrected chi connectivity index (χ0v) is 22.6. The molecule has 1 rings (SSSR count). The molecule has 0 saturated carbocycles. The van der Waals surface area contributed by atoms with Crippen molar-refractivity contribution in [3.63, 3.8) is 0 Å². The van der Waals surface area contributed by atoms with E-state index in [1.807, 2.05) is 0 Å². The van der Waals surface area contributed by atoms with Gasteiger partial charge in [0.05, 0.1) is 12.0 Å². The Balaban J connectivity index is 2.31. The number of unbranched alkanes of at least 4 members (excludes halogenated alkanes) is 15. The summed E-state index contributed by atoms with van der Waals surface area (Å²) in [6.07, 6.45) is 33.9. The van der Waals surface area contributed by atoms with Crippen molar-refractivity contribution in [2.45, 2.75) is 174 Å². The lowest BCUT2D eigenvalue weighted by Gasteiger charge is -2.16. The van der Waals surface area contributed by atoms with Gasteiger partial charge in [0.15, 0.2) is 0 Å². The van der Waals surface area contributed by atoms with Gasteiger partial charge in [0.1, 0.15) is 12.4 Å². The smallest absolute Gasteiger partial charge is 0.247 e. The van der Waals surface area contributed by atoms with Crippen molar-refractivity contribution in [2.24, 2.45) is 0 Å². The molecule has 1 N–H and O–H groups in total. The van der Waals surface area contributed by atoms with E-state index in [0.29, 0.717) is 12.0 Å². The maximum atomic E-state index is 3.65. The average molecular weight is 448 g/mol. The summed E-state index contributed by atoms with van der Waals surface area (Å²) in [5.41, 5.74) is 0. The number of hydrogen-bond donors (Lipinski definition) is 1. The molecule has 0 spiro atoms. The normalized spacial score (nSPS) is 13.5. The summed E-state index contributed by atoms with van der Waals surface area (Å²) in [6.45, 7) is 9.38. The van der Waals surface area contributed by atoms with Gasteiger partial charge in [0, 0.05) is 0 Å². The zero-order valence-electron chi connectivity index (χ0n) is 22.6. The number of aromatic nitrogens is 2. The van der Waals surface area contributed by atoms with E-state index in [4.69, 9.17) is 0 Å². The number of nitrogens with zero attached hydrogens (tertiary/aromatic N) is 1. The van der Waals surface area contributed by atoms with Crippen LogP contribution in [-0.2, 0) is 0 Å². The first kappa shape index (κ1) is 29.2. The zero-order chi connectivity index (χ0) is 23.3. The fraction of sp³-hybridized carbons (Fsp3) is 0.900. The number of nitrogens with one attached hydrogen (secondary N) is 1. The van der Waals surface area contributed by atoms with Crippen LogP contribution in [0.5, 0.6) is 0 Å². The first-order chi connectivity index (χ1) is 15.7. The average Bonchev–Trinajstić information content (AvgIpc) is 3.29. The minimum Gasteiger partial charge on any atom is -0.247 e. The largest absolute Gasteiger partial charge is 0.257 e. The van der Waals surface area contributed by atoms with Crippen molar-refractivity contribution in [3.8, 4) is 0 Å². The molecule has 0 amide bonds. The van der Waals surface area contributed by atoms with E-state index >= 15 is 0 Å². The molecule has 0 radical (unpaired) electrons. The van der Waals surface area contributed by atoms with Gasteiger partial charge in [-0.3, -0.25) is 0 Å². The second-order valence-electron chi connectivity index (χ2n) is 10.5. The third-order valence-electron chi connectivity index (χ3n) is 7.37. The summed E-state index contributed by atoms with van der Waals surface area (Å²) in [5.74, 6) is 2.21. The van der Waals surface area contributed by atoms with E-state index < -0.39 is 0 Å². The molecule has 0 fully saturated rings.